The predicted molar refractivity (Wildman–Crippen MR) is 151 cm³/mol. The molecule has 1 heterocycles. The molecule has 2 amide bonds. The van der Waals surface area contributed by atoms with Gasteiger partial charge in [0.25, 0.3) is 0 Å². The zero-order valence-corrected chi connectivity index (χ0v) is 23.1. The topological polar surface area (TPSA) is 131 Å². The number of hydrogen-bond acceptors (Lipinski definition) is 7. The first-order valence-corrected chi connectivity index (χ1v) is 13.7. The summed E-state index contributed by atoms with van der Waals surface area (Å²) in [5.41, 5.74) is 4.94. The Balaban J connectivity index is 1.29. The first-order valence-electron chi connectivity index (χ1n) is 13.7. The number of carboxylic acid groups (broad SMARTS) is 1. The van der Waals surface area contributed by atoms with Crippen molar-refractivity contribution in [3.8, 4) is 11.1 Å². The minimum atomic E-state index is -1.40. The van der Waals surface area contributed by atoms with Gasteiger partial charge in [-0.1, -0.05) is 78.9 Å². The fourth-order valence-corrected chi connectivity index (χ4v) is 5.59. The van der Waals surface area contributed by atoms with Crippen molar-refractivity contribution in [2.45, 2.75) is 43.6 Å². The van der Waals surface area contributed by atoms with Gasteiger partial charge in [0.2, 0.25) is 5.91 Å². The van der Waals surface area contributed by atoms with Crippen LogP contribution in [0.25, 0.3) is 11.1 Å². The van der Waals surface area contributed by atoms with E-state index in [0.29, 0.717) is 0 Å². The van der Waals surface area contributed by atoms with Crippen molar-refractivity contribution in [2.24, 2.45) is 0 Å². The Morgan fingerprint density at radius 1 is 0.905 bits per heavy atom. The number of likely N-dealkylation sites (tertiary alicyclic amines) is 1. The third-order valence-corrected chi connectivity index (χ3v) is 7.71. The van der Waals surface area contributed by atoms with E-state index in [4.69, 9.17) is 14.2 Å². The van der Waals surface area contributed by atoms with E-state index < -0.39 is 48.5 Å². The molecule has 3 atom stereocenters. The van der Waals surface area contributed by atoms with E-state index in [0.717, 1.165) is 32.7 Å². The molecule has 10 heteroatoms. The Bertz CT molecular complexity index is 1410. The van der Waals surface area contributed by atoms with Gasteiger partial charge in [-0.2, -0.15) is 0 Å². The molecule has 0 aromatic heterocycles. The third-order valence-electron chi connectivity index (χ3n) is 7.71. The number of ether oxygens (including phenoxy) is 3. The first-order chi connectivity index (χ1) is 20.4. The number of carbonyl (C=O) groups is 4. The lowest BCUT2D eigenvalue weighted by Gasteiger charge is -2.27. The molecule has 1 aliphatic heterocycles. The second-order valence-corrected chi connectivity index (χ2v) is 10.3. The van der Waals surface area contributed by atoms with Gasteiger partial charge in [-0.15, -0.1) is 0 Å². The minimum absolute atomic E-state index is 0.00639. The van der Waals surface area contributed by atoms with Crippen LogP contribution in [0, 0.1) is 0 Å². The molecule has 1 saturated heterocycles. The second kappa shape index (κ2) is 12.9. The first kappa shape index (κ1) is 28.8. The smallest absolute Gasteiger partial charge is 0.407 e. The van der Waals surface area contributed by atoms with Crippen molar-refractivity contribution < 1.29 is 38.5 Å². The molecule has 0 radical (unpaired) electrons. The Hall–Kier alpha value is -4.70. The van der Waals surface area contributed by atoms with E-state index in [9.17, 15) is 24.3 Å². The normalized spacial score (nSPS) is 18.1. The summed E-state index contributed by atoms with van der Waals surface area (Å²) < 4.78 is 16.2. The van der Waals surface area contributed by atoms with E-state index in [1.165, 1.54) is 7.11 Å². The molecule has 2 N–H and O–H groups in total. The number of benzene rings is 3. The van der Waals surface area contributed by atoms with Crippen molar-refractivity contribution >= 4 is 23.9 Å². The Labute approximate surface area is 243 Å². The molecule has 0 saturated carbocycles. The minimum Gasteiger partial charge on any atom is -0.480 e. The molecule has 0 spiro atoms. The van der Waals surface area contributed by atoms with Crippen LogP contribution in [-0.4, -0.2) is 72.4 Å². The number of aliphatic carboxylic acids is 1. The van der Waals surface area contributed by atoms with E-state index in [1.54, 1.807) is 24.3 Å². The summed E-state index contributed by atoms with van der Waals surface area (Å²) >= 11 is 0. The van der Waals surface area contributed by atoms with Gasteiger partial charge >= 0.3 is 18.0 Å². The Morgan fingerprint density at radius 3 is 2.14 bits per heavy atom. The molecule has 10 nitrogen and oxygen atoms in total. The number of amides is 2. The van der Waals surface area contributed by atoms with Crippen LogP contribution >= 0.6 is 0 Å². The van der Waals surface area contributed by atoms with Crippen LogP contribution in [0.2, 0.25) is 0 Å². The van der Waals surface area contributed by atoms with E-state index in [1.807, 2.05) is 54.6 Å². The van der Waals surface area contributed by atoms with Gasteiger partial charge in [-0.05, 0) is 27.8 Å². The van der Waals surface area contributed by atoms with Gasteiger partial charge in [0.15, 0.2) is 0 Å². The van der Waals surface area contributed by atoms with Gasteiger partial charge in [0, 0.05) is 26.0 Å². The van der Waals surface area contributed by atoms with Gasteiger partial charge in [-0.25, -0.2) is 9.59 Å². The van der Waals surface area contributed by atoms with Gasteiger partial charge in [0.1, 0.15) is 25.3 Å². The zero-order valence-electron chi connectivity index (χ0n) is 23.1. The summed E-state index contributed by atoms with van der Waals surface area (Å²) in [6, 6.07) is 22.2. The third kappa shape index (κ3) is 6.28. The number of fused-ring (bicyclic) bond motifs is 3. The molecule has 42 heavy (non-hydrogen) atoms. The number of alkyl carbamates (subject to hydrolysis) is 1. The molecular weight excluding hydrogens is 540 g/mol. The number of carboxylic acids is 1. The number of rotatable bonds is 10. The standard InChI is InChI=1S/C32H32N2O8/c1-40-21-15-28(31(37)38)34(17-21)30(36)27(16-29(35)41-18-20-9-3-2-4-10-20)33-32(39)42-19-26-24-13-7-5-11-22(24)23-12-6-8-14-25(23)26/h2-14,21,26-28H,15-19H2,1H3,(H,33,39)(H,37,38)/t21?,27-,28?/m0/s1. The van der Waals surface area contributed by atoms with Crippen LogP contribution < -0.4 is 5.32 Å². The molecule has 5 rings (SSSR count). The lowest BCUT2D eigenvalue weighted by molar-refractivity contribution is -0.151. The van der Waals surface area contributed by atoms with Crippen molar-refractivity contribution in [1.29, 1.82) is 0 Å². The average molecular weight is 573 g/mol. The number of esters is 1. The zero-order chi connectivity index (χ0) is 29.6. The summed E-state index contributed by atoms with van der Waals surface area (Å²) in [5.74, 6) is -2.86. The highest BCUT2D eigenvalue weighted by Crippen LogP contribution is 2.44. The Kier molecular flexibility index (Phi) is 8.83. The van der Waals surface area contributed by atoms with E-state index in [-0.39, 0.29) is 32.1 Å². The van der Waals surface area contributed by atoms with Gasteiger partial charge in [-0.3, -0.25) is 9.59 Å². The molecule has 3 aromatic rings. The number of carbonyl (C=O) groups excluding carboxylic acids is 3. The molecular formula is C32H32N2O8. The largest absolute Gasteiger partial charge is 0.480 e. The van der Waals surface area contributed by atoms with E-state index >= 15 is 0 Å². The number of hydrogen-bond donors (Lipinski definition) is 2. The van der Waals surface area contributed by atoms with Crippen LogP contribution in [0.15, 0.2) is 78.9 Å². The Morgan fingerprint density at radius 2 is 1.52 bits per heavy atom. The molecule has 1 fully saturated rings. The van der Waals surface area contributed by atoms with Crippen LogP contribution in [0.5, 0.6) is 0 Å². The maximum atomic E-state index is 13.6. The SMILES string of the molecule is COC1CC(C(=O)O)N(C(=O)[C@H](CC(=O)OCc2ccccc2)NC(=O)OCC2c3ccccc3-c3ccccc32)C1. The van der Waals surface area contributed by atoms with Crippen molar-refractivity contribution in [2.75, 3.05) is 20.3 Å². The van der Waals surface area contributed by atoms with Crippen molar-refractivity contribution in [1.82, 2.24) is 10.2 Å². The summed E-state index contributed by atoms with van der Waals surface area (Å²) in [4.78, 5) is 52.4. The highest BCUT2D eigenvalue weighted by atomic mass is 16.6. The fraction of sp³-hybridized carbons (Fsp3) is 0.312. The van der Waals surface area contributed by atoms with Gasteiger partial charge in [0.05, 0.1) is 12.5 Å². The van der Waals surface area contributed by atoms with Crippen LogP contribution in [-0.2, 0) is 35.2 Å². The van der Waals surface area contributed by atoms with E-state index in [2.05, 4.69) is 5.32 Å². The molecule has 2 unspecified atom stereocenters. The monoisotopic (exact) mass is 572 g/mol. The summed E-state index contributed by atoms with van der Waals surface area (Å²) in [6.45, 7) is -0.000582. The number of methoxy groups -OCH3 is 1. The van der Waals surface area contributed by atoms with Gasteiger partial charge < -0.3 is 29.5 Å². The highest BCUT2D eigenvalue weighted by Gasteiger charge is 2.43. The number of nitrogens with one attached hydrogen (secondary N) is 1. The molecule has 0 bridgehead atoms. The molecule has 3 aromatic carbocycles. The molecule has 2 aliphatic rings. The summed E-state index contributed by atoms with van der Waals surface area (Å²) in [7, 11) is 1.44. The lowest BCUT2D eigenvalue weighted by atomic mass is 9.98. The summed E-state index contributed by atoms with van der Waals surface area (Å²) in [6.07, 6.45) is -1.81. The average Bonchev–Trinajstić information content (AvgIpc) is 3.59. The van der Waals surface area contributed by atoms with Crippen LogP contribution in [0.1, 0.15) is 35.4 Å². The van der Waals surface area contributed by atoms with Crippen LogP contribution in [0.4, 0.5) is 4.79 Å². The molecule has 218 valence electrons. The molecule has 1 aliphatic carbocycles. The van der Waals surface area contributed by atoms with Crippen molar-refractivity contribution in [3.05, 3.63) is 95.6 Å². The fourth-order valence-electron chi connectivity index (χ4n) is 5.59. The maximum Gasteiger partial charge on any atom is 0.407 e. The van der Waals surface area contributed by atoms with Crippen LogP contribution in [0.3, 0.4) is 0 Å². The quantitative estimate of drug-likeness (QED) is 0.352. The lowest BCUT2D eigenvalue weighted by Crippen LogP contribution is -2.52. The second-order valence-electron chi connectivity index (χ2n) is 10.3. The van der Waals surface area contributed by atoms with Crippen molar-refractivity contribution in [3.63, 3.8) is 0 Å². The summed E-state index contributed by atoms with van der Waals surface area (Å²) in [5, 5.41) is 12.2. The predicted octanol–water partition coefficient (Wildman–Crippen LogP) is 3.73. The number of nitrogens with zero attached hydrogens (tertiary/aromatic N) is 1. The maximum absolute atomic E-state index is 13.6. The highest BCUT2D eigenvalue weighted by molar-refractivity contribution is 5.92.